The van der Waals surface area contributed by atoms with Gasteiger partial charge in [-0.05, 0) is 50.1 Å². The van der Waals surface area contributed by atoms with E-state index in [9.17, 15) is 9.59 Å². The molecule has 1 fully saturated rings. The molecule has 1 N–H and O–H groups in total. The summed E-state index contributed by atoms with van der Waals surface area (Å²) in [4.78, 5) is 33.9. The molecule has 0 radical (unpaired) electrons. The van der Waals surface area contributed by atoms with Gasteiger partial charge in [-0.3, -0.25) is 9.59 Å². The fourth-order valence-corrected chi connectivity index (χ4v) is 3.99. The van der Waals surface area contributed by atoms with Gasteiger partial charge in [-0.15, -0.1) is 11.3 Å². The number of Topliss-reactive ketones (excluding diaryl/α,β-unsaturated/α-hetero) is 1. The Bertz CT molecular complexity index is 985. The van der Waals surface area contributed by atoms with Gasteiger partial charge in [-0.2, -0.15) is 0 Å². The van der Waals surface area contributed by atoms with Gasteiger partial charge in [-0.25, -0.2) is 4.98 Å². The summed E-state index contributed by atoms with van der Waals surface area (Å²) < 4.78 is 5.61. The Balaban J connectivity index is 1.35. The summed E-state index contributed by atoms with van der Waals surface area (Å²) in [5.41, 5.74) is 2.93. The first-order valence-corrected chi connectivity index (χ1v) is 10.1. The van der Waals surface area contributed by atoms with Crippen LogP contribution in [0.2, 0.25) is 0 Å². The lowest BCUT2D eigenvalue weighted by Crippen LogP contribution is -2.27. The maximum absolute atomic E-state index is 12.4. The zero-order valence-electron chi connectivity index (χ0n) is 15.6. The molecule has 6 nitrogen and oxygen atoms in total. The molecule has 0 atom stereocenters. The number of amides is 1. The highest BCUT2D eigenvalue weighted by molar-refractivity contribution is 7.13. The first kappa shape index (κ1) is 18.4. The summed E-state index contributed by atoms with van der Waals surface area (Å²) in [5, 5.41) is 2.97. The topological polar surface area (TPSA) is 75.3 Å². The van der Waals surface area contributed by atoms with Crippen LogP contribution in [-0.4, -0.2) is 46.3 Å². The highest BCUT2D eigenvalue weighted by Crippen LogP contribution is 2.25. The largest absolute Gasteiger partial charge is 0.485 e. The Morgan fingerprint density at radius 2 is 1.96 bits per heavy atom. The van der Waals surface area contributed by atoms with Crippen molar-refractivity contribution in [1.82, 2.24) is 14.9 Å². The maximum atomic E-state index is 12.4. The van der Waals surface area contributed by atoms with Crippen molar-refractivity contribution in [2.45, 2.75) is 19.8 Å². The number of ketones is 1. The van der Waals surface area contributed by atoms with Gasteiger partial charge in [0, 0.05) is 41.5 Å². The van der Waals surface area contributed by atoms with Crippen molar-refractivity contribution >= 4 is 23.0 Å². The number of H-pyrrole nitrogens is 1. The van der Waals surface area contributed by atoms with Crippen LogP contribution in [-0.2, 0) is 0 Å². The molecule has 0 spiro atoms. The van der Waals surface area contributed by atoms with Crippen molar-refractivity contribution in [2.24, 2.45) is 0 Å². The van der Waals surface area contributed by atoms with Crippen LogP contribution in [0, 0.1) is 6.92 Å². The lowest BCUT2D eigenvalue weighted by atomic mass is 10.2. The summed E-state index contributed by atoms with van der Waals surface area (Å²) >= 11 is 1.60. The van der Waals surface area contributed by atoms with Crippen molar-refractivity contribution in [1.29, 1.82) is 0 Å². The number of likely N-dealkylation sites (tertiary alicyclic amines) is 1. The van der Waals surface area contributed by atoms with Gasteiger partial charge in [0.2, 0.25) is 5.78 Å². The van der Waals surface area contributed by atoms with Crippen LogP contribution in [0.5, 0.6) is 5.75 Å². The number of aryl methyl sites for hydroxylation is 1. The van der Waals surface area contributed by atoms with Crippen LogP contribution >= 0.6 is 11.3 Å². The van der Waals surface area contributed by atoms with Gasteiger partial charge in [0.1, 0.15) is 16.5 Å². The van der Waals surface area contributed by atoms with Crippen molar-refractivity contribution in [3.05, 3.63) is 58.9 Å². The van der Waals surface area contributed by atoms with Gasteiger partial charge in [0.15, 0.2) is 6.61 Å². The molecule has 7 heteroatoms. The van der Waals surface area contributed by atoms with E-state index in [-0.39, 0.29) is 18.3 Å². The molecule has 1 amide bonds. The number of ether oxygens (including phenoxy) is 1. The zero-order valence-corrected chi connectivity index (χ0v) is 16.4. The van der Waals surface area contributed by atoms with Crippen molar-refractivity contribution in [3.63, 3.8) is 0 Å². The molecule has 3 heterocycles. The highest BCUT2D eigenvalue weighted by atomic mass is 32.1. The van der Waals surface area contributed by atoms with Crippen molar-refractivity contribution < 1.29 is 14.3 Å². The normalized spacial score (nSPS) is 13.7. The number of benzene rings is 1. The highest BCUT2D eigenvalue weighted by Gasteiger charge is 2.21. The number of rotatable bonds is 6. The number of carbonyl (C=O) groups is 2. The zero-order chi connectivity index (χ0) is 19.5. The average molecular weight is 395 g/mol. The first-order chi connectivity index (χ1) is 13.6. The molecule has 144 valence electrons. The molecule has 1 aliphatic heterocycles. The summed E-state index contributed by atoms with van der Waals surface area (Å²) in [6.07, 6.45) is 3.64. The van der Waals surface area contributed by atoms with Crippen LogP contribution in [0.15, 0.2) is 41.9 Å². The second-order valence-corrected chi connectivity index (χ2v) is 7.69. The molecule has 1 aromatic carbocycles. The number of thiazole rings is 1. The lowest BCUT2D eigenvalue weighted by Gasteiger charge is -2.13. The summed E-state index contributed by atoms with van der Waals surface area (Å²) in [6.45, 7) is 3.45. The van der Waals surface area contributed by atoms with E-state index in [0.717, 1.165) is 42.2 Å². The molecule has 4 rings (SSSR count). The Morgan fingerprint density at radius 3 is 2.64 bits per heavy atom. The molecule has 1 aliphatic rings. The molecule has 0 unspecified atom stereocenters. The molecular weight excluding hydrogens is 374 g/mol. The standard InChI is InChI=1S/C21H21N3O3S/c1-14-13-28-20(23-14)15-4-6-17(7-5-15)27-12-19(25)16-10-18(22-11-16)21(26)24-8-2-3-9-24/h4-7,10-11,13,22H,2-3,8-9,12H2,1H3. The monoisotopic (exact) mass is 395 g/mol. The Morgan fingerprint density at radius 1 is 1.21 bits per heavy atom. The molecule has 0 aliphatic carbocycles. The van der Waals surface area contributed by atoms with Crippen molar-refractivity contribution in [2.75, 3.05) is 19.7 Å². The van der Waals surface area contributed by atoms with E-state index in [1.807, 2.05) is 41.5 Å². The van der Waals surface area contributed by atoms with Crippen LogP contribution in [0.4, 0.5) is 0 Å². The van der Waals surface area contributed by atoms with E-state index in [2.05, 4.69) is 9.97 Å². The van der Waals surface area contributed by atoms with Gasteiger partial charge < -0.3 is 14.6 Å². The number of hydrogen-bond donors (Lipinski definition) is 1. The molecule has 3 aromatic rings. The first-order valence-electron chi connectivity index (χ1n) is 9.26. The third-order valence-electron chi connectivity index (χ3n) is 4.72. The molecule has 0 bridgehead atoms. The molecule has 28 heavy (non-hydrogen) atoms. The number of aromatic nitrogens is 2. The minimum atomic E-state index is -0.170. The fraction of sp³-hybridized carbons (Fsp3) is 0.286. The van der Waals surface area contributed by atoms with E-state index in [0.29, 0.717) is 17.0 Å². The van der Waals surface area contributed by atoms with E-state index in [4.69, 9.17) is 4.74 Å². The Labute approximate surface area is 167 Å². The Hall–Kier alpha value is -2.93. The van der Waals surface area contributed by atoms with E-state index < -0.39 is 0 Å². The summed E-state index contributed by atoms with van der Waals surface area (Å²) in [7, 11) is 0. The smallest absolute Gasteiger partial charge is 0.270 e. The van der Waals surface area contributed by atoms with Crippen molar-refractivity contribution in [3.8, 4) is 16.3 Å². The van der Waals surface area contributed by atoms with Crippen LogP contribution in [0.1, 0.15) is 39.4 Å². The average Bonchev–Trinajstić information content (AvgIpc) is 3.47. The number of nitrogens with zero attached hydrogens (tertiary/aromatic N) is 2. The van der Waals surface area contributed by atoms with Crippen LogP contribution < -0.4 is 4.74 Å². The maximum Gasteiger partial charge on any atom is 0.270 e. The quantitative estimate of drug-likeness (QED) is 0.642. The second kappa shape index (κ2) is 7.98. The van der Waals surface area contributed by atoms with E-state index in [1.165, 1.54) is 0 Å². The number of nitrogens with one attached hydrogen (secondary N) is 1. The van der Waals surface area contributed by atoms with Crippen LogP contribution in [0.25, 0.3) is 10.6 Å². The SMILES string of the molecule is Cc1csc(-c2ccc(OCC(=O)c3c[nH]c(C(=O)N4CCCC4)c3)cc2)n1. The van der Waals surface area contributed by atoms with Gasteiger partial charge >= 0.3 is 0 Å². The third-order valence-corrected chi connectivity index (χ3v) is 5.73. The second-order valence-electron chi connectivity index (χ2n) is 6.83. The van der Waals surface area contributed by atoms with E-state index in [1.54, 1.807) is 23.6 Å². The lowest BCUT2D eigenvalue weighted by molar-refractivity contribution is 0.0787. The summed E-state index contributed by atoms with van der Waals surface area (Å²) in [5.74, 6) is 0.399. The number of hydrogen-bond acceptors (Lipinski definition) is 5. The molecule has 0 saturated carbocycles. The minimum absolute atomic E-state index is 0.0505. The number of aromatic amines is 1. The molecule has 2 aromatic heterocycles. The van der Waals surface area contributed by atoms with Crippen LogP contribution in [0.3, 0.4) is 0 Å². The predicted molar refractivity (Wildman–Crippen MR) is 108 cm³/mol. The fourth-order valence-electron chi connectivity index (χ4n) is 3.18. The summed E-state index contributed by atoms with van der Waals surface area (Å²) in [6, 6.07) is 9.14. The van der Waals surface area contributed by atoms with Gasteiger partial charge in [-0.1, -0.05) is 0 Å². The minimum Gasteiger partial charge on any atom is -0.485 e. The Kier molecular flexibility index (Phi) is 5.25. The molecule has 1 saturated heterocycles. The predicted octanol–water partition coefficient (Wildman–Crippen LogP) is 3.94. The van der Waals surface area contributed by atoms with Gasteiger partial charge in [0.25, 0.3) is 5.91 Å². The van der Waals surface area contributed by atoms with Gasteiger partial charge in [0.05, 0.1) is 0 Å². The van der Waals surface area contributed by atoms with E-state index >= 15 is 0 Å². The third kappa shape index (κ3) is 3.99. The molecular formula is C21H21N3O3S. The number of carbonyl (C=O) groups excluding carboxylic acids is 2.